The zero-order valence-electron chi connectivity index (χ0n) is 14.4. The molecule has 28 heavy (non-hydrogen) atoms. The van der Waals surface area contributed by atoms with Crippen molar-refractivity contribution in [1.29, 1.82) is 0 Å². The van der Waals surface area contributed by atoms with Gasteiger partial charge in [-0.25, -0.2) is 0 Å². The van der Waals surface area contributed by atoms with E-state index in [1.54, 1.807) is 42.5 Å². The van der Waals surface area contributed by atoms with Crippen LogP contribution in [0.1, 0.15) is 15.9 Å². The number of fused-ring (bicyclic) bond motifs is 1. The van der Waals surface area contributed by atoms with Gasteiger partial charge in [-0.05, 0) is 35.9 Å². The molecule has 0 fully saturated rings. The summed E-state index contributed by atoms with van der Waals surface area (Å²) in [5, 5.41) is 13.1. The maximum absolute atomic E-state index is 11.8. The molecule has 6 heteroatoms. The van der Waals surface area contributed by atoms with Crippen molar-refractivity contribution in [2.24, 2.45) is 0 Å². The van der Waals surface area contributed by atoms with Gasteiger partial charge in [-0.2, -0.15) is 0 Å². The van der Waals surface area contributed by atoms with Crippen LogP contribution < -0.4 is 9.84 Å². The lowest BCUT2D eigenvalue weighted by Gasteiger charge is -2.08. The minimum Gasteiger partial charge on any atom is -0.545 e. The lowest BCUT2D eigenvalue weighted by Crippen LogP contribution is -2.22. The van der Waals surface area contributed by atoms with E-state index in [4.69, 9.17) is 32.4 Å². The van der Waals surface area contributed by atoms with Crippen LogP contribution >= 0.6 is 23.2 Å². The Balaban J connectivity index is 1.69. The van der Waals surface area contributed by atoms with Gasteiger partial charge >= 0.3 is 0 Å². The number of rotatable bonds is 5. The van der Waals surface area contributed by atoms with Crippen molar-refractivity contribution in [3.8, 4) is 17.1 Å². The summed E-state index contributed by atoms with van der Waals surface area (Å²) < 4.78 is 11.6. The average Bonchev–Trinajstić information content (AvgIpc) is 3.08. The molecule has 4 nitrogen and oxygen atoms in total. The van der Waals surface area contributed by atoms with Crippen molar-refractivity contribution < 1.29 is 19.1 Å². The number of hydrogen-bond acceptors (Lipinski definition) is 4. The largest absolute Gasteiger partial charge is 0.545 e. The molecule has 0 saturated heterocycles. The number of carboxylic acid groups (broad SMARTS) is 1. The van der Waals surface area contributed by atoms with E-state index in [1.807, 2.05) is 24.3 Å². The first-order valence-corrected chi connectivity index (χ1v) is 9.18. The molecule has 4 aromatic rings. The Bertz CT molecular complexity index is 1170. The summed E-state index contributed by atoms with van der Waals surface area (Å²) >= 11 is 11.9. The molecule has 4 rings (SSSR count). The van der Waals surface area contributed by atoms with Gasteiger partial charge in [0.25, 0.3) is 0 Å². The first-order chi connectivity index (χ1) is 13.5. The Kier molecular flexibility index (Phi) is 4.99. The number of carbonyl (C=O) groups is 1. The third kappa shape index (κ3) is 3.57. The molecule has 0 N–H and O–H groups in total. The van der Waals surface area contributed by atoms with Gasteiger partial charge in [0.15, 0.2) is 0 Å². The molecule has 1 heterocycles. The maximum Gasteiger partial charge on any atom is 0.144 e. The van der Waals surface area contributed by atoms with Crippen molar-refractivity contribution in [1.82, 2.24) is 0 Å². The van der Waals surface area contributed by atoms with Crippen LogP contribution in [0.25, 0.3) is 22.3 Å². The highest BCUT2D eigenvalue weighted by Crippen LogP contribution is 2.35. The van der Waals surface area contributed by atoms with Gasteiger partial charge in [-0.1, -0.05) is 59.6 Å². The van der Waals surface area contributed by atoms with E-state index in [0.29, 0.717) is 32.3 Å². The van der Waals surface area contributed by atoms with E-state index in [1.165, 1.54) is 0 Å². The number of aromatic carboxylic acids is 1. The summed E-state index contributed by atoms with van der Waals surface area (Å²) in [5.41, 5.74) is 1.95. The standard InChI is InChI=1S/C22H14Cl2O4/c23-17-8-6-13(10-18(17)24)12-27-15-7-9-19-16(11-15)20(22(25)26)21(28-19)14-4-2-1-3-5-14/h1-11H,12H2,(H,25,26)/p-1. The molecule has 0 aliphatic heterocycles. The second kappa shape index (κ2) is 7.58. The zero-order valence-corrected chi connectivity index (χ0v) is 16.0. The quantitative estimate of drug-likeness (QED) is 0.444. The van der Waals surface area contributed by atoms with Gasteiger partial charge in [0.05, 0.1) is 21.6 Å². The van der Waals surface area contributed by atoms with Crippen LogP contribution in [0.2, 0.25) is 10.0 Å². The fourth-order valence-corrected chi connectivity index (χ4v) is 3.28. The molecule has 0 aliphatic rings. The number of carboxylic acids is 1. The number of benzene rings is 3. The summed E-state index contributed by atoms with van der Waals surface area (Å²) in [6, 6.07) is 19.3. The Morgan fingerprint density at radius 1 is 0.964 bits per heavy atom. The predicted octanol–water partition coefficient (Wildman–Crippen LogP) is 5.35. The highest BCUT2D eigenvalue weighted by molar-refractivity contribution is 6.42. The van der Waals surface area contributed by atoms with Crippen molar-refractivity contribution in [2.45, 2.75) is 6.61 Å². The lowest BCUT2D eigenvalue weighted by molar-refractivity contribution is -0.254. The average molecular weight is 412 g/mol. The van der Waals surface area contributed by atoms with E-state index in [0.717, 1.165) is 5.56 Å². The summed E-state index contributed by atoms with van der Waals surface area (Å²) in [6.07, 6.45) is 0. The highest BCUT2D eigenvalue weighted by atomic mass is 35.5. The molecule has 0 amide bonds. The van der Waals surface area contributed by atoms with Crippen LogP contribution in [0.4, 0.5) is 0 Å². The molecule has 3 aromatic carbocycles. The van der Waals surface area contributed by atoms with Gasteiger partial charge in [0.1, 0.15) is 23.7 Å². The van der Waals surface area contributed by atoms with Crippen LogP contribution in [-0.2, 0) is 6.61 Å². The van der Waals surface area contributed by atoms with E-state index in [2.05, 4.69) is 0 Å². The van der Waals surface area contributed by atoms with Crippen molar-refractivity contribution in [2.75, 3.05) is 0 Å². The molecule has 0 bridgehead atoms. The van der Waals surface area contributed by atoms with Gasteiger partial charge in [-0.15, -0.1) is 0 Å². The number of carbonyl (C=O) groups excluding carboxylic acids is 1. The molecule has 0 saturated carbocycles. The fraction of sp³-hybridized carbons (Fsp3) is 0.0455. The Morgan fingerprint density at radius 2 is 1.75 bits per heavy atom. The Hall–Kier alpha value is -2.95. The Labute approximate surface area is 170 Å². The van der Waals surface area contributed by atoms with Crippen LogP contribution in [0.3, 0.4) is 0 Å². The van der Waals surface area contributed by atoms with Crippen LogP contribution in [0.5, 0.6) is 5.75 Å². The van der Waals surface area contributed by atoms with Gasteiger partial charge in [-0.3, -0.25) is 0 Å². The summed E-state index contributed by atoms with van der Waals surface area (Å²) in [7, 11) is 0. The third-order valence-electron chi connectivity index (χ3n) is 4.29. The number of ether oxygens (including phenoxy) is 1. The molecule has 0 spiro atoms. The minimum atomic E-state index is -1.31. The first kappa shape index (κ1) is 18.4. The van der Waals surface area contributed by atoms with E-state index in [9.17, 15) is 9.90 Å². The molecular formula is C22H13Cl2O4-. The lowest BCUT2D eigenvalue weighted by atomic mass is 10.1. The molecule has 0 atom stereocenters. The highest BCUT2D eigenvalue weighted by Gasteiger charge is 2.17. The topological polar surface area (TPSA) is 62.5 Å². The molecule has 140 valence electrons. The third-order valence-corrected chi connectivity index (χ3v) is 5.03. The Morgan fingerprint density at radius 3 is 2.46 bits per heavy atom. The van der Waals surface area contributed by atoms with Crippen molar-refractivity contribution in [3.05, 3.63) is 87.9 Å². The first-order valence-electron chi connectivity index (χ1n) is 8.43. The molecule has 0 aliphatic carbocycles. The number of halogens is 2. The normalized spacial score (nSPS) is 10.9. The van der Waals surface area contributed by atoms with Gasteiger partial charge < -0.3 is 19.1 Å². The van der Waals surface area contributed by atoms with E-state index < -0.39 is 5.97 Å². The van der Waals surface area contributed by atoms with Crippen molar-refractivity contribution >= 4 is 40.1 Å². The van der Waals surface area contributed by atoms with Crippen LogP contribution in [-0.4, -0.2) is 5.97 Å². The monoisotopic (exact) mass is 411 g/mol. The molecular weight excluding hydrogens is 399 g/mol. The maximum atomic E-state index is 11.8. The molecule has 0 unspecified atom stereocenters. The van der Waals surface area contributed by atoms with E-state index >= 15 is 0 Å². The second-order valence-electron chi connectivity index (χ2n) is 6.15. The van der Waals surface area contributed by atoms with Crippen molar-refractivity contribution in [3.63, 3.8) is 0 Å². The predicted molar refractivity (Wildman–Crippen MR) is 107 cm³/mol. The molecule has 1 aromatic heterocycles. The SMILES string of the molecule is O=C([O-])c1c(-c2ccccc2)oc2ccc(OCc3ccc(Cl)c(Cl)c3)cc12. The zero-order chi connectivity index (χ0) is 19.7. The summed E-state index contributed by atoms with van der Waals surface area (Å²) in [4.78, 5) is 11.8. The van der Waals surface area contributed by atoms with E-state index in [-0.39, 0.29) is 17.9 Å². The number of furan rings is 1. The van der Waals surface area contributed by atoms with Crippen LogP contribution in [0, 0.1) is 0 Å². The second-order valence-corrected chi connectivity index (χ2v) is 6.97. The smallest absolute Gasteiger partial charge is 0.144 e. The number of hydrogen-bond donors (Lipinski definition) is 0. The van der Waals surface area contributed by atoms with Crippen LogP contribution in [0.15, 0.2) is 71.1 Å². The summed E-state index contributed by atoms with van der Waals surface area (Å²) in [5.74, 6) is -0.544. The van der Waals surface area contributed by atoms with Gasteiger partial charge in [0.2, 0.25) is 0 Å². The van der Waals surface area contributed by atoms with Gasteiger partial charge in [0, 0.05) is 10.9 Å². The fourth-order valence-electron chi connectivity index (χ4n) is 2.96. The summed E-state index contributed by atoms with van der Waals surface area (Å²) in [6.45, 7) is 0.256. The minimum absolute atomic E-state index is 0.00110. The molecule has 0 radical (unpaired) electrons.